The molecule has 0 saturated heterocycles. The molecule has 3 nitrogen and oxygen atoms in total. The van der Waals surface area contributed by atoms with E-state index in [0.29, 0.717) is 0 Å². The molecule has 0 aromatic heterocycles. The van der Waals surface area contributed by atoms with Crippen LogP contribution in [0.4, 0.5) is 0 Å². The predicted octanol–water partition coefficient (Wildman–Crippen LogP) is 3.16. The van der Waals surface area contributed by atoms with Gasteiger partial charge < -0.3 is 9.64 Å². The van der Waals surface area contributed by atoms with Crippen LogP contribution in [0.15, 0.2) is 41.5 Å². The lowest BCUT2D eigenvalue weighted by Crippen LogP contribution is -2.43. The van der Waals surface area contributed by atoms with Crippen LogP contribution in [0.3, 0.4) is 0 Å². The Balaban J connectivity index is 2.02. The maximum Gasteiger partial charge on any atom is 0.252 e. The molecule has 1 aromatic carbocycles. The van der Waals surface area contributed by atoms with Gasteiger partial charge in [0, 0.05) is 18.7 Å². The SMILES string of the molecule is COC1C(C)=C(C)C(=O)N1C(C)CCc1ccccc1. The molecule has 0 bridgehead atoms. The molecule has 3 heteroatoms. The van der Waals surface area contributed by atoms with Crippen molar-refractivity contribution in [2.75, 3.05) is 7.11 Å². The Labute approximate surface area is 121 Å². The third-order valence-electron chi connectivity index (χ3n) is 4.16. The van der Waals surface area contributed by atoms with E-state index in [1.165, 1.54) is 5.56 Å². The monoisotopic (exact) mass is 273 g/mol. The highest BCUT2D eigenvalue weighted by Gasteiger charge is 2.37. The molecule has 2 atom stereocenters. The van der Waals surface area contributed by atoms with Gasteiger partial charge in [0.1, 0.15) is 0 Å². The second kappa shape index (κ2) is 6.23. The summed E-state index contributed by atoms with van der Waals surface area (Å²) in [6.45, 7) is 5.96. The molecule has 1 aliphatic rings. The Hall–Kier alpha value is -1.61. The number of hydrogen-bond acceptors (Lipinski definition) is 2. The van der Waals surface area contributed by atoms with Crippen LogP contribution in [0.1, 0.15) is 32.8 Å². The second-order valence-corrected chi connectivity index (χ2v) is 5.48. The van der Waals surface area contributed by atoms with Crippen LogP contribution in [-0.2, 0) is 16.0 Å². The van der Waals surface area contributed by atoms with Crippen LogP contribution in [0.2, 0.25) is 0 Å². The molecule has 108 valence electrons. The van der Waals surface area contributed by atoms with Gasteiger partial charge in [-0.05, 0) is 44.7 Å². The van der Waals surface area contributed by atoms with Gasteiger partial charge in [-0.3, -0.25) is 4.79 Å². The standard InChI is InChI=1S/C17H23NO2/c1-12(10-11-15-8-6-5-7-9-15)18-16(19)13(2)14(3)17(18)20-4/h5-9,12,17H,10-11H2,1-4H3. The van der Waals surface area contributed by atoms with Crippen LogP contribution in [-0.4, -0.2) is 30.2 Å². The first-order valence-corrected chi connectivity index (χ1v) is 7.13. The van der Waals surface area contributed by atoms with Crippen molar-refractivity contribution in [3.05, 3.63) is 47.0 Å². The largest absolute Gasteiger partial charge is 0.358 e. The summed E-state index contributed by atoms with van der Waals surface area (Å²) in [6, 6.07) is 10.5. The zero-order valence-corrected chi connectivity index (χ0v) is 12.7. The molecule has 0 aliphatic carbocycles. The zero-order valence-electron chi connectivity index (χ0n) is 12.7. The first-order chi connectivity index (χ1) is 9.56. The van der Waals surface area contributed by atoms with Crippen LogP contribution in [0.5, 0.6) is 0 Å². The maximum atomic E-state index is 12.3. The van der Waals surface area contributed by atoms with Gasteiger partial charge in [0.2, 0.25) is 0 Å². The topological polar surface area (TPSA) is 29.5 Å². The molecule has 1 amide bonds. The number of amides is 1. The first kappa shape index (κ1) is 14.8. The van der Waals surface area contributed by atoms with Crippen molar-refractivity contribution in [1.29, 1.82) is 0 Å². The minimum Gasteiger partial charge on any atom is -0.358 e. The second-order valence-electron chi connectivity index (χ2n) is 5.48. The Morgan fingerprint density at radius 1 is 1.25 bits per heavy atom. The van der Waals surface area contributed by atoms with E-state index in [9.17, 15) is 4.79 Å². The number of hydrogen-bond donors (Lipinski definition) is 0. The summed E-state index contributed by atoms with van der Waals surface area (Å²) in [5, 5.41) is 0. The van der Waals surface area contributed by atoms with Crippen molar-refractivity contribution in [2.24, 2.45) is 0 Å². The number of carbonyl (C=O) groups excluding carboxylic acids is 1. The van der Waals surface area contributed by atoms with Crippen molar-refractivity contribution < 1.29 is 9.53 Å². The molecule has 0 fully saturated rings. The molecule has 1 aromatic rings. The Morgan fingerprint density at radius 2 is 1.90 bits per heavy atom. The van der Waals surface area contributed by atoms with E-state index in [1.807, 2.05) is 24.8 Å². The van der Waals surface area contributed by atoms with E-state index in [4.69, 9.17) is 4.74 Å². The fourth-order valence-corrected chi connectivity index (χ4v) is 2.74. The van der Waals surface area contributed by atoms with E-state index in [0.717, 1.165) is 24.0 Å². The normalized spacial score (nSPS) is 20.7. The zero-order chi connectivity index (χ0) is 14.7. The Kier molecular flexibility index (Phi) is 4.61. The summed E-state index contributed by atoms with van der Waals surface area (Å²) < 4.78 is 5.50. The number of benzene rings is 1. The van der Waals surface area contributed by atoms with Gasteiger partial charge in [-0.2, -0.15) is 0 Å². The van der Waals surface area contributed by atoms with Crippen molar-refractivity contribution in [2.45, 2.75) is 45.9 Å². The fourth-order valence-electron chi connectivity index (χ4n) is 2.74. The lowest BCUT2D eigenvalue weighted by molar-refractivity contribution is -0.136. The minimum atomic E-state index is -0.201. The van der Waals surface area contributed by atoms with Crippen molar-refractivity contribution in [1.82, 2.24) is 4.90 Å². The summed E-state index contributed by atoms with van der Waals surface area (Å²) >= 11 is 0. The molecule has 20 heavy (non-hydrogen) atoms. The summed E-state index contributed by atoms with van der Waals surface area (Å²) in [4.78, 5) is 14.2. The quantitative estimate of drug-likeness (QED) is 0.824. The van der Waals surface area contributed by atoms with Gasteiger partial charge in [0.05, 0.1) is 0 Å². The molecular weight excluding hydrogens is 250 g/mol. The highest BCUT2D eigenvalue weighted by atomic mass is 16.5. The van der Waals surface area contributed by atoms with Gasteiger partial charge in [-0.1, -0.05) is 30.3 Å². The van der Waals surface area contributed by atoms with Crippen LogP contribution < -0.4 is 0 Å². The average molecular weight is 273 g/mol. The van der Waals surface area contributed by atoms with E-state index in [-0.39, 0.29) is 18.2 Å². The number of aryl methyl sites for hydroxylation is 1. The highest BCUT2D eigenvalue weighted by Crippen LogP contribution is 2.29. The first-order valence-electron chi connectivity index (χ1n) is 7.13. The molecular formula is C17H23NO2. The number of rotatable bonds is 5. The smallest absolute Gasteiger partial charge is 0.252 e. The lowest BCUT2D eigenvalue weighted by atomic mass is 10.1. The molecule has 0 N–H and O–H groups in total. The third-order valence-corrected chi connectivity index (χ3v) is 4.16. The van der Waals surface area contributed by atoms with E-state index >= 15 is 0 Å². The number of carbonyl (C=O) groups is 1. The molecule has 2 unspecified atom stereocenters. The van der Waals surface area contributed by atoms with Crippen LogP contribution >= 0.6 is 0 Å². The van der Waals surface area contributed by atoms with Crippen molar-refractivity contribution in [3.8, 4) is 0 Å². The lowest BCUT2D eigenvalue weighted by Gasteiger charge is -2.31. The number of methoxy groups -OCH3 is 1. The molecule has 2 rings (SSSR count). The summed E-state index contributed by atoms with van der Waals surface area (Å²) in [5.41, 5.74) is 3.16. The minimum absolute atomic E-state index is 0.106. The molecule has 0 spiro atoms. The highest BCUT2D eigenvalue weighted by molar-refractivity contribution is 5.97. The summed E-state index contributed by atoms with van der Waals surface area (Å²) in [6.07, 6.45) is 1.71. The molecule has 1 aliphatic heterocycles. The Bertz CT molecular complexity index is 507. The summed E-state index contributed by atoms with van der Waals surface area (Å²) in [5.74, 6) is 0.106. The van der Waals surface area contributed by atoms with Gasteiger partial charge in [-0.15, -0.1) is 0 Å². The van der Waals surface area contributed by atoms with Crippen LogP contribution in [0, 0.1) is 0 Å². The van der Waals surface area contributed by atoms with E-state index in [1.54, 1.807) is 7.11 Å². The van der Waals surface area contributed by atoms with E-state index < -0.39 is 0 Å². The molecule has 1 heterocycles. The fraction of sp³-hybridized carbons (Fsp3) is 0.471. The van der Waals surface area contributed by atoms with Crippen molar-refractivity contribution >= 4 is 5.91 Å². The van der Waals surface area contributed by atoms with Crippen LogP contribution in [0.25, 0.3) is 0 Å². The van der Waals surface area contributed by atoms with Gasteiger partial charge in [0.15, 0.2) is 6.23 Å². The van der Waals surface area contributed by atoms with E-state index in [2.05, 4.69) is 31.2 Å². The predicted molar refractivity (Wildman–Crippen MR) is 80.2 cm³/mol. The molecule has 0 radical (unpaired) electrons. The summed E-state index contributed by atoms with van der Waals surface area (Å²) in [7, 11) is 1.66. The van der Waals surface area contributed by atoms with Gasteiger partial charge in [-0.25, -0.2) is 0 Å². The maximum absolute atomic E-state index is 12.3. The van der Waals surface area contributed by atoms with Gasteiger partial charge >= 0.3 is 0 Å². The molecule has 0 saturated carbocycles. The number of ether oxygens (including phenoxy) is 1. The average Bonchev–Trinajstić information content (AvgIpc) is 2.69. The van der Waals surface area contributed by atoms with Crippen molar-refractivity contribution in [3.63, 3.8) is 0 Å². The Morgan fingerprint density at radius 3 is 2.50 bits per heavy atom. The third kappa shape index (κ3) is 2.78. The number of nitrogens with zero attached hydrogens (tertiary/aromatic N) is 1. The van der Waals surface area contributed by atoms with Gasteiger partial charge in [0.25, 0.3) is 5.91 Å².